The van der Waals surface area contributed by atoms with E-state index in [2.05, 4.69) is 72.2 Å². The van der Waals surface area contributed by atoms with Crippen molar-refractivity contribution >= 4 is 112 Å². The Hall–Kier alpha value is -7.00. The number of quaternary nitrogens is 1. The van der Waals surface area contributed by atoms with E-state index in [1.807, 2.05) is 140 Å². The third-order valence-corrected chi connectivity index (χ3v) is 19.0. The van der Waals surface area contributed by atoms with E-state index >= 15 is 0 Å². The summed E-state index contributed by atoms with van der Waals surface area (Å²) >= 11 is 15.6. The van der Waals surface area contributed by atoms with E-state index in [-0.39, 0.29) is 0 Å². The molecule has 0 unspecified atom stereocenters. The molecule has 0 radical (unpaired) electrons. The zero-order valence-electron chi connectivity index (χ0n) is 51.6. The lowest BCUT2D eigenvalue weighted by Gasteiger charge is -2.39. The number of ether oxygens (including phenoxy) is 2. The predicted molar refractivity (Wildman–Crippen MR) is 353 cm³/mol. The zero-order valence-corrected chi connectivity index (χ0v) is 54.7. The van der Waals surface area contributed by atoms with Crippen molar-refractivity contribution in [2.45, 2.75) is 78.8 Å². The summed E-state index contributed by atoms with van der Waals surface area (Å²) in [6.07, 6.45) is -2.42. The van der Waals surface area contributed by atoms with Crippen molar-refractivity contribution in [1.29, 1.82) is 0 Å². The fraction of sp³-hybridized carbons (Fsp3) is 0.373. The van der Waals surface area contributed by atoms with Gasteiger partial charge >= 0.3 is 5.97 Å². The molecule has 2 fully saturated rings. The molecule has 87 heavy (non-hydrogen) atoms. The van der Waals surface area contributed by atoms with Crippen LogP contribution in [-0.4, -0.2) is 141 Å². The number of carboxylic acids is 2. The number of hydrogen-bond donors (Lipinski definition) is 1. The van der Waals surface area contributed by atoms with Crippen LogP contribution in [0.1, 0.15) is 76.0 Å². The van der Waals surface area contributed by atoms with E-state index in [4.69, 9.17) is 52.8 Å². The number of aryl methyl sites for hydroxylation is 4. The molecule has 4 aromatic heterocycles. The number of carbonyl (C=O) groups is 2. The normalized spacial score (nSPS) is 15.8. The number of carboxylic acid groups (broad SMARTS) is 2. The number of nitrogens with zero attached hydrogens (tertiary/aromatic N) is 10. The summed E-state index contributed by atoms with van der Waals surface area (Å²) in [6.45, 7) is 22.9. The van der Waals surface area contributed by atoms with Crippen LogP contribution in [0.5, 0.6) is 0 Å². The molecule has 0 saturated carbocycles. The van der Waals surface area contributed by atoms with Gasteiger partial charge in [-0.25, -0.2) is 14.8 Å². The molecule has 0 amide bonds. The Kier molecular flexibility index (Phi) is 16.9. The second kappa shape index (κ2) is 23.8. The quantitative estimate of drug-likeness (QED) is 0.115. The van der Waals surface area contributed by atoms with Gasteiger partial charge in [-0.2, -0.15) is 10.2 Å². The van der Waals surface area contributed by atoms with Crippen LogP contribution in [0, 0.1) is 13.8 Å². The number of aliphatic carboxylic acids is 2. The molecule has 0 bridgehead atoms. The lowest BCUT2D eigenvalue weighted by molar-refractivity contribution is -0.890. The van der Waals surface area contributed by atoms with Crippen molar-refractivity contribution in [2.24, 2.45) is 14.1 Å². The number of fused-ring (bicyclic) bond motifs is 4. The first kappa shape index (κ1) is 61.6. The summed E-state index contributed by atoms with van der Waals surface area (Å²) < 4.78 is 19.0. The molecule has 10 aromatic rings. The van der Waals surface area contributed by atoms with Crippen LogP contribution in [0.15, 0.2) is 97.1 Å². The van der Waals surface area contributed by atoms with Crippen molar-refractivity contribution in [2.75, 3.05) is 83.3 Å². The maximum absolute atomic E-state index is 12.7. The molecule has 12 rings (SSSR count). The molecular weight excluding hydrogens is 1180 g/mol. The van der Waals surface area contributed by atoms with Crippen molar-refractivity contribution in [3.8, 4) is 43.4 Å². The molecule has 2 aliphatic heterocycles. The van der Waals surface area contributed by atoms with E-state index < -0.39 is 35.3 Å². The highest BCUT2D eigenvalue weighted by Crippen LogP contribution is 2.47. The summed E-state index contributed by atoms with van der Waals surface area (Å²) in [5.74, 6) is -0.314. The number of piperazine rings is 2. The Balaban J connectivity index is 0.000000180. The number of aromatic nitrogens is 6. The van der Waals surface area contributed by atoms with Gasteiger partial charge in [0.2, 0.25) is 0 Å². The molecule has 454 valence electrons. The van der Waals surface area contributed by atoms with E-state index in [0.717, 1.165) is 165 Å². The van der Waals surface area contributed by atoms with Crippen molar-refractivity contribution in [3.05, 3.63) is 129 Å². The van der Waals surface area contributed by atoms with Gasteiger partial charge in [-0.05, 0) is 163 Å². The number of thiazole rings is 2. The molecular formula is C67H74Cl2N10O6S2. The molecule has 2 aliphatic rings. The molecule has 16 nitrogen and oxygen atoms in total. The minimum absolute atomic E-state index is 0.571. The van der Waals surface area contributed by atoms with Gasteiger partial charge < -0.3 is 43.7 Å². The van der Waals surface area contributed by atoms with E-state index in [1.165, 1.54) is 0 Å². The number of carbonyl (C=O) groups excluding carboxylic acids is 1. The van der Waals surface area contributed by atoms with Gasteiger partial charge in [-0.3, -0.25) is 9.36 Å². The summed E-state index contributed by atoms with van der Waals surface area (Å²) in [5.41, 5.74) is 10.5. The van der Waals surface area contributed by atoms with Crippen molar-refractivity contribution in [3.63, 3.8) is 0 Å². The molecule has 6 aromatic carbocycles. The Morgan fingerprint density at radius 3 is 1.38 bits per heavy atom. The topological polar surface area (TPSA) is 167 Å². The van der Waals surface area contributed by atoms with Crippen LogP contribution in [-0.2, 0) is 33.2 Å². The van der Waals surface area contributed by atoms with Gasteiger partial charge in [0.05, 0.1) is 88.9 Å². The van der Waals surface area contributed by atoms with Crippen LogP contribution in [0.4, 0.5) is 11.6 Å². The highest BCUT2D eigenvalue weighted by atomic mass is 35.5. The lowest BCUT2D eigenvalue weighted by atomic mass is 9.91. The van der Waals surface area contributed by atoms with Gasteiger partial charge in [0.1, 0.15) is 16.1 Å². The summed E-state index contributed by atoms with van der Waals surface area (Å²) in [6, 6.07) is 31.7. The standard InChI is InChI=1S/C34H38ClN5O3S.C33H36ClN5O3S/c1-20-18-25-30(28(21-8-11-23(35)12-9-21)27(20)29(33(41)42)43-34(2,3)4)44-32(36-25)22-10-13-26-24(19-22)31(37-38(26)5)39-14-16-40(6,7)17-15-39;1-19-17-24-29(27(20-7-10-22(34)11-8-20)26(19)28(32(40)41)42-33(2,3)4)43-31(35-24)21-9-12-25-23(18-21)30(36-38(25)6)39-15-13-37(5)14-16-39/h8-13,18-19,29H,14-17H2,1-7H3;7-12,17-18,28H,13-16H2,1-6H3,(H,40,41)/t29-;28-/m00/s1. The Bertz CT molecular complexity index is 4250. The molecule has 1 N–H and O–H groups in total. The number of benzene rings is 6. The van der Waals surface area contributed by atoms with Crippen LogP contribution in [0.3, 0.4) is 0 Å². The average Bonchev–Trinajstić information content (AvgIpc) is 2.13. The Labute approximate surface area is 525 Å². The first-order valence-corrected chi connectivity index (χ1v) is 31.6. The summed E-state index contributed by atoms with van der Waals surface area (Å²) in [4.78, 5) is 42.5. The molecule has 6 heterocycles. The Morgan fingerprint density at radius 2 is 0.977 bits per heavy atom. The number of hydrogen-bond acceptors (Lipinski definition) is 14. The highest BCUT2D eigenvalue weighted by Gasteiger charge is 2.34. The fourth-order valence-corrected chi connectivity index (χ4v) is 14.3. The molecule has 0 spiro atoms. The minimum atomic E-state index is -1.28. The summed E-state index contributed by atoms with van der Waals surface area (Å²) in [5, 5.41) is 37.9. The van der Waals surface area contributed by atoms with E-state index in [0.29, 0.717) is 21.2 Å². The first-order valence-electron chi connectivity index (χ1n) is 29.2. The third kappa shape index (κ3) is 12.8. The SMILES string of the molecule is Cc1cc2nc(-c3ccc4c(c3)c(N3CCN(C)CC3)nn4C)sc2c(-c2ccc(Cl)cc2)c1[C@H](OC(C)(C)C)C(=O)O.Cc1cc2nc(-c3ccc4c(c3)c(N3CC[N+](C)(C)CC3)nn4C)sc2c(-c2ccc(Cl)cc2)c1[C@H](OC(C)(C)C)C(=O)[O-]. The van der Waals surface area contributed by atoms with Crippen molar-refractivity contribution < 1.29 is 33.8 Å². The zero-order chi connectivity index (χ0) is 62.2. The van der Waals surface area contributed by atoms with Crippen LogP contribution in [0.25, 0.3) is 85.6 Å². The van der Waals surface area contributed by atoms with Crippen molar-refractivity contribution in [1.82, 2.24) is 34.4 Å². The van der Waals surface area contributed by atoms with Crippen LogP contribution in [0.2, 0.25) is 10.0 Å². The largest absolute Gasteiger partial charge is 0.547 e. The van der Waals surface area contributed by atoms with Gasteiger partial charge in [-0.15, -0.1) is 22.7 Å². The van der Waals surface area contributed by atoms with Gasteiger partial charge in [0.15, 0.2) is 17.7 Å². The van der Waals surface area contributed by atoms with E-state index in [1.54, 1.807) is 22.7 Å². The summed E-state index contributed by atoms with van der Waals surface area (Å²) in [7, 11) is 10.7. The van der Waals surface area contributed by atoms with E-state index in [9.17, 15) is 19.8 Å². The van der Waals surface area contributed by atoms with Crippen LogP contribution < -0.4 is 14.9 Å². The predicted octanol–water partition coefficient (Wildman–Crippen LogP) is 13.2. The smallest absolute Gasteiger partial charge is 0.337 e. The number of halogens is 2. The minimum Gasteiger partial charge on any atom is -0.547 e. The Morgan fingerprint density at radius 1 is 0.586 bits per heavy atom. The fourth-order valence-electron chi connectivity index (χ4n) is 11.8. The third-order valence-electron chi connectivity index (χ3n) is 16.2. The lowest BCUT2D eigenvalue weighted by Crippen LogP contribution is -2.55. The second-order valence-corrected chi connectivity index (χ2v) is 28.5. The van der Waals surface area contributed by atoms with Crippen LogP contribution >= 0.6 is 45.9 Å². The number of anilines is 2. The van der Waals surface area contributed by atoms with Gasteiger partial charge in [-0.1, -0.05) is 47.5 Å². The number of likely N-dealkylation sites (N-methyl/N-ethyl adjacent to an activating group) is 2. The monoisotopic (exact) mass is 1250 g/mol. The first-order chi connectivity index (χ1) is 41.1. The molecule has 20 heteroatoms. The maximum atomic E-state index is 12.7. The van der Waals surface area contributed by atoms with Gasteiger partial charge in [0.25, 0.3) is 0 Å². The molecule has 2 atom stereocenters. The average molecular weight is 1250 g/mol. The second-order valence-electron chi connectivity index (χ2n) is 25.6. The molecule has 2 saturated heterocycles. The highest BCUT2D eigenvalue weighted by molar-refractivity contribution is 7.22. The maximum Gasteiger partial charge on any atom is 0.337 e. The molecule has 0 aliphatic carbocycles. The number of rotatable bonds is 12. The van der Waals surface area contributed by atoms with Gasteiger partial charge in [0, 0.05) is 88.9 Å².